The Morgan fingerprint density at radius 2 is 2.00 bits per heavy atom. The van der Waals surface area contributed by atoms with Gasteiger partial charge in [0.1, 0.15) is 0 Å². The van der Waals surface area contributed by atoms with E-state index in [2.05, 4.69) is 4.90 Å². The topological polar surface area (TPSA) is 62.2 Å². The van der Waals surface area contributed by atoms with Crippen LogP contribution in [-0.2, 0) is 6.54 Å². The van der Waals surface area contributed by atoms with Crippen LogP contribution in [0.1, 0.15) is 5.56 Å². The first-order valence-corrected chi connectivity index (χ1v) is 6.32. The molecule has 1 amide bonds. The minimum Gasteiger partial charge on any atom is -0.465 e. The van der Waals surface area contributed by atoms with Gasteiger partial charge in [0.15, 0.2) is 11.5 Å². The van der Waals surface area contributed by atoms with Crippen molar-refractivity contribution in [3.05, 3.63) is 23.8 Å². The Morgan fingerprint density at radius 1 is 1.21 bits per heavy atom. The van der Waals surface area contributed by atoms with Gasteiger partial charge < -0.3 is 19.5 Å². The molecule has 1 aromatic rings. The zero-order valence-corrected chi connectivity index (χ0v) is 10.5. The molecular weight excluding hydrogens is 248 g/mol. The summed E-state index contributed by atoms with van der Waals surface area (Å²) in [6.07, 6.45) is -0.836. The minimum atomic E-state index is -0.836. The summed E-state index contributed by atoms with van der Waals surface area (Å²) in [7, 11) is 0. The molecular formula is C13H16N2O4. The maximum absolute atomic E-state index is 10.8. The van der Waals surface area contributed by atoms with Crippen LogP contribution >= 0.6 is 0 Å². The predicted octanol–water partition coefficient (Wildman–Crippen LogP) is 1.21. The second kappa shape index (κ2) is 4.97. The number of hydrogen-bond acceptors (Lipinski definition) is 4. The van der Waals surface area contributed by atoms with E-state index < -0.39 is 6.09 Å². The monoisotopic (exact) mass is 264 g/mol. The smallest absolute Gasteiger partial charge is 0.407 e. The van der Waals surface area contributed by atoms with Gasteiger partial charge in [-0.3, -0.25) is 4.90 Å². The molecule has 6 nitrogen and oxygen atoms in total. The zero-order chi connectivity index (χ0) is 13.2. The molecule has 1 aromatic carbocycles. The third-order valence-corrected chi connectivity index (χ3v) is 3.51. The van der Waals surface area contributed by atoms with Crippen molar-refractivity contribution < 1.29 is 19.4 Å². The van der Waals surface area contributed by atoms with Gasteiger partial charge in [0.25, 0.3) is 0 Å². The number of nitrogens with zero attached hydrogens (tertiary/aromatic N) is 2. The van der Waals surface area contributed by atoms with Crippen LogP contribution in [-0.4, -0.2) is 54.0 Å². The Labute approximate surface area is 111 Å². The molecule has 0 aromatic heterocycles. The number of para-hydroxylation sites is 1. The van der Waals surface area contributed by atoms with Crippen molar-refractivity contribution in [3.63, 3.8) is 0 Å². The summed E-state index contributed by atoms with van der Waals surface area (Å²) >= 11 is 0. The number of piperazine rings is 1. The highest BCUT2D eigenvalue weighted by Gasteiger charge is 2.23. The molecule has 0 spiro atoms. The Kier molecular flexibility index (Phi) is 3.16. The van der Waals surface area contributed by atoms with E-state index in [4.69, 9.17) is 14.6 Å². The molecule has 0 atom stereocenters. The predicted molar refractivity (Wildman–Crippen MR) is 67.4 cm³/mol. The molecule has 2 heterocycles. The van der Waals surface area contributed by atoms with E-state index in [1.54, 1.807) is 0 Å². The maximum atomic E-state index is 10.8. The number of ether oxygens (including phenoxy) is 2. The highest BCUT2D eigenvalue weighted by atomic mass is 16.7. The van der Waals surface area contributed by atoms with Crippen LogP contribution in [0.25, 0.3) is 0 Å². The van der Waals surface area contributed by atoms with E-state index >= 15 is 0 Å². The molecule has 3 rings (SSSR count). The molecule has 102 valence electrons. The number of amides is 1. The molecule has 1 fully saturated rings. The van der Waals surface area contributed by atoms with Crippen molar-refractivity contribution in [1.82, 2.24) is 9.80 Å². The van der Waals surface area contributed by atoms with Crippen LogP contribution in [0, 0.1) is 0 Å². The number of fused-ring (bicyclic) bond motifs is 1. The third kappa shape index (κ3) is 2.44. The lowest BCUT2D eigenvalue weighted by Crippen LogP contribution is -2.47. The first-order chi connectivity index (χ1) is 9.24. The van der Waals surface area contributed by atoms with Crippen molar-refractivity contribution in [2.45, 2.75) is 6.54 Å². The molecule has 0 bridgehead atoms. The van der Waals surface area contributed by atoms with Gasteiger partial charge in [-0.1, -0.05) is 12.1 Å². The molecule has 0 aliphatic carbocycles. The standard InChI is InChI=1S/C13H16N2O4/c16-13(17)15-6-4-14(5-7-15)8-10-2-1-3-11-12(10)19-9-18-11/h1-3H,4-9H2,(H,16,17). The summed E-state index contributed by atoms with van der Waals surface area (Å²) < 4.78 is 10.8. The maximum Gasteiger partial charge on any atom is 0.407 e. The van der Waals surface area contributed by atoms with Crippen molar-refractivity contribution >= 4 is 6.09 Å². The Hall–Kier alpha value is -1.95. The van der Waals surface area contributed by atoms with Gasteiger partial charge in [-0.15, -0.1) is 0 Å². The fraction of sp³-hybridized carbons (Fsp3) is 0.462. The van der Waals surface area contributed by atoms with Crippen LogP contribution < -0.4 is 9.47 Å². The zero-order valence-electron chi connectivity index (χ0n) is 10.5. The summed E-state index contributed by atoms with van der Waals surface area (Å²) in [5.41, 5.74) is 1.10. The molecule has 0 radical (unpaired) electrons. The summed E-state index contributed by atoms with van der Waals surface area (Å²) in [4.78, 5) is 14.5. The van der Waals surface area contributed by atoms with E-state index in [-0.39, 0.29) is 6.79 Å². The number of carboxylic acid groups (broad SMARTS) is 1. The quantitative estimate of drug-likeness (QED) is 0.870. The summed E-state index contributed by atoms with van der Waals surface area (Å²) in [5.74, 6) is 1.62. The van der Waals surface area contributed by atoms with Crippen LogP contribution in [0.2, 0.25) is 0 Å². The first-order valence-electron chi connectivity index (χ1n) is 6.32. The number of rotatable bonds is 2. The van der Waals surface area contributed by atoms with Crippen molar-refractivity contribution in [2.24, 2.45) is 0 Å². The molecule has 2 aliphatic heterocycles. The Bertz CT molecular complexity index is 484. The van der Waals surface area contributed by atoms with Gasteiger partial charge in [-0.25, -0.2) is 4.79 Å². The first kappa shape index (κ1) is 12.1. The summed E-state index contributed by atoms with van der Waals surface area (Å²) in [5, 5.41) is 8.91. The average Bonchev–Trinajstić information content (AvgIpc) is 2.89. The SMILES string of the molecule is O=C(O)N1CCN(Cc2cccc3c2OCO3)CC1. The molecule has 2 aliphatic rings. The highest BCUT2D eigenvalue weighted by Crippen LogP contribution is 2.35. The van der Waals surface area contributed by atoms with Gasteiger partial charge in [-0.05, 0) is 6.07 Å². The highest BCUT2D eigenvalue weighted by molar-refractivity contribution is 5.65. The number of carbonyl (C=O) groups is 1. The van der Waals surface area contributed by atoms with Gasteiger partial charge >= 0.3 is 6.09 Å². The van der Waals surface area contributed by atoms with Gasteiger partial charge in [0.2, 0.25) is 6.79 Å². The molecule has 19 heavy (non-hydrogen) atoms. The van der Waals surface area contributed by atoms with Crippen LogP contribution in [0.4, 0.5) is 4.79 Å². The summed E-state index contributed by atoms with van der Waals surface area (Å²) in [6, 6.07) is 5.88. The number of hydrogen-bond donors (Lipinski definition) is 1. The third-order valence-electron chi connectivity index (χ3n) is 3.51. The fourth-order valence-electron chi connectivity index (χ4n) is 2.45. The Balaban J connectivity index is 1.64. The fourth-order valence-corrected chi connectivity index (χ4v) is 2.45. The van der Waals surface area contributed by atoms with Crippen LogP contribution in [0.3, 0.4) is 0 Å². The van der Waals surface area contributed by atoms with Crippen molar-refractivity contribution in [2.75, 3.05) is 33.0 Å². The molecule has 1 N–H and O–H groups in total. The molecule has 1 saturated heterocycles. The van der Waals surface area contributed by atoms with E-state index in [1.165, 1.54) is 4.90 Å². The summed E-state index contributed by atoms with van der Waals surface area (Å²) in [6.45, 7) is 3.65. The molecule has 0 unspecified atom stereocenters. The van der Waals surface area contributed by atoms with Gasteiger partial charge in [-0.2, -0.15) is 0 Å². The molecule has 0 saturated carbocycles. The Morgan fingerprint density at radius 3 is 2.74 bits per heavy atom. The van der Waals surface area contributed by atoms with Crippen LogP contribution in [0.15, 0.2) is 18.2 Å². The minimum absolute atomic E-state index is 0.277. The average molecular weight is 264 g/mol. The van der Waals surface area contributed by atoms with Crippen molar-refractivity contribution in [3.8, 4) is 11.5 Å². The van der Waals surface area contributed by atoms with Crippen LogP contribution in [0.5, 0.6) is 11.5 Å². The lowest BCUT2D eigenvalue weighted by Gasteiger charge is -2.33. The lowest BCUT2D eigenvalue weighted by atomic mass is 10.1. The normalized spacial score (nSPS) is 18.6. The largest absolute Gasteiger partial charge is 0.465 e. The van der Waals surface area contributed by atoms with E-state index in [0.717, 1.165) is 36.7 Å². The lowest BCUT2D eigenvalue weighted by molar-refractivity contribution is 0.102. The van der Waals surface area contributed by atoms with E-state index in [0.29, 0.717) is 13.1 Å². The van der Waals surface area contributed by atoms with Gasteiger partial charge in [0.05, 0.1) is 0 Å². The van der Waals surface area contributed by atoms with E-state index in [1.807, 2.05) is 18.2 Å². The van der Waals surface area contributed by atoms with E-state index in [9.17, 15) is 4.79 Å². The second-order valence-corrected chi connectivity index (χ2v) is 4.70. The van der Waals surface area contributed by atoms with Crippen molar-refractivity contribution in [1.29, 1.82) is 0 Å². The van der Waals surface area contributed by atoms with Gasteiger partial charge in [0, 0.05) is 38.3 Å². The molecule has 6 heteroatoms. The number of benzene rings is 1. The second-order valence-electron chi connectivity index (χ2n) is 4.70.